The van der Waals surface area contributed by atoms with Gasteiger partial charge in [0.2, 0.25) is 5.91 Å². The molecule has 2 N–H and O–H groups in total. The second kappa shape index (κ2) is 7.59. The molecule has 1 amide bonds. The first-order valence-corrected chi connectivity index (χ1v) is 7.09. The minimum absolute atomic E-state index is 0.000124. The van der Waals surface area contributed by atoms with Crippen molar-refractivity contribution in [3.8, 4) is 0 Å². The first kappa shape index (κ1) is 16.9. The third-order valence-corrected chi connectivity index (χ3v) is 4.09. The number of carboxylic acid groups (broad SMARTS) is 1. The van der Waals surface area contributed by atoms with E-state index in [9.17, 15) is 9.59 Å². The summed E-state index contributed by atoms with van der Waals surface area (Å²) in [6.45, 7) is 2.18. The molecule has 0 aromatic rings. The van der Waals surface area contributed by atoms with Crippen molar-refractivity contribution in [2.45, 2.75) is 38.1 Å². The molecule has 1 aliphatic carbocycles. The summed E-state index contributed by atoms with van der Waals surface area (Å²) in [5, 5.41) is 11.3. The highest BCUT2D eigenvalue weighted by molar-refractivity contribution is 5.77. The molecule has 0 bridgehead atoms. The van der Waals surface area contributed by atoms with Crippen LogP contribution in [0.2, 0.25) is 0 Å². The van der Waals surface area contributed by atoms with E-state index in [0.717, 1.165) is 12.8 Å². The van der Waals surface area contributed by atoms with E-state index in [2.05, 4.69) is 17.1 Å². The lowest BCUT2D eigenvalue weighted by molar-refractivity contribution is -0.143. The topological polar surface area (TPSA) is 78.9 Å². The highest BCUT2D eigenvalue weighted by atomic mass is 16.5. The van der Waals surface area contributed by atoms with Gasteiger partial charge in [-0.2, -0.15) is 0 Å². The Morgan fingerprint density at radius 2 is 2.10 bits per heavy atom. The molecule has 0 aromatic heterocycles. The summed E-state index contributed by atoms with van der Waals surface area (Å²) in [6.07, 6.45) is 4.55. The Labute approximate surface area is 120 Å². The molecule has 1 saturated carbocycles. The van der Waals surface area contributed by atoms with Crippen molar-refractivity contribution in [2.75, 3.05) is 33.9 Å². The normalized spacial score (nSPS) is 26.5. The monoisotopic (exact) mass is 286 g/mol. The summed E-state index contributed by atoms with van der Waals surface area (Å²) >= 11 is 0. The molecule has 1 aliphatic rings. The number of carbonyl (C=O) groups excluding carboxylic acids is 1. The molecule has 0 saturated heterocycles. The second-order valence-electron chi connectivity index (χ2n) is 5.98. The van der Waals surface area contributed by atoms with Crippen LogP contribution >= 0.6 is 0 Å². The van der Waals surface area contributed by atoms with Crippen molar-refractivity contribution < 1.29 is 19.4 Å². The van der Waals surface area contributed by atoms with Crippen LogP contribution in [0.15, 0.2) is 0 Å². The SMILES string of the molecule is CC1CCCC(CNC(=O)COCC(=O)O)(N(C)C)C1. The Morgan fingerprint density at radius 1 is 1.40 bits per heavy atom. The van der Waals surface area contributed by atoms with E-state index in [-0.39, 0.29) is 18.1 Å². The maximum Gasteiger partial charge on any atom is 0.329 e. The molecule has 0 heterocycles. The zero-order valence-electron chi connectivity index (χ0n) is 12.6. The van der Waals surface area contributed by atoms with Crippen molar-refractivity contribution in [3.63, 3.8) is 0 Å². The van der Waals surface area contributed by atoms with Gasteiger partial charge in [0.15, 0.2) is 0 Å². The molecule has 20 heavy (non-hydrogen) atoms. The van der Waals surface area contributed by atoms with Gasteiger partial charge in [-0.05, 0) is 32.9 Å². The van der Waals surface area contributed by atoms with Crippen LogP contribution in [-0.2, 0) is 14.3 Å². The molecule has 2 atom stereocenters. The van der Waals surface area contributed by atoms with Crippen LogP contribution in [0.4, 0.5) is 0 Å². The van der Waals surface area contributed by atoms with Gasteiger partial charge >= 0.3 is 5.97 Å². The number of ether oxygens (including phenoxy) is 1. The van der Waals surface area contributed by atoms with E-state index in [1.165, 1.54) is 12.8 Å². The Hall–Kier alpha value is -1.14. The second-order valence-corrected chi connectivity index (χ2v) is 5.98. The van der Waals surface area contributed by atoms with Gasteiger partial charge in [-0.25, -0.2) is 4.79 Å². The number of hydrogen-bond acceptors (Lipinski definition) is 4. The Balaban J connectivity index is 2.43. The third kappa shape index (κ3) is 5.09. The van der Waals surface area contributed by atoms with E-state index in [0.29, 0.717) is 12.5 Å². The van der Waals surface area contributed by atoms with Gasteiger partial charge in [-0.15, -0.1) is 0 Å². The van der Waals surface area contributed by atoms with Gasteiger partial charge in [0.1, 0.15) is 13.2 Å². The average molecular weight is 286 g/mol. The molecule has 116 valence electrons. The van der Waals surface area contributed by atoms with Crippen LogP contribution in [0.3, 0.4) is 0 Å². The fraction of sp³-hybridized carbons (Fsp3) is 0.857. The molecule has 6 heteroatoms. The zero-order valence-corrected chi connectivity index (χ0v) is 12.6. The summed E-state index contributed by atoms with van der Waals surface area (Å²) in [5.74, 6) is -0.666. The minimum atomic E-state index is -1.07. The first-order valence-electron chi connectivity index (χ1n) is 7.09. The number of nitrogens with zero attached hydrogens (tertiary/aromatic N) is 1. The fourth-order valence-electron chi connectivity index (χ4n) is 2.90. The van der Waals surface area contributed by atoms with Crippen LogP contribution in [0.1, 0.15) is 32.6 Å². The highest BCUT2D eigenvalue weighted by Crippen LogP contribution is 2.35. The quantitative estimate of drug-likeness (QED) is 0.721. The summed E-state index contributed by atoms with van der Waals surface area (Å²) in [5.41, 5.74) is 0.000124. The number of hydrogen-bond donors (Lipinski definition) is 2. The number of carboxylic acids is 1. The predicted octanol–water partition coefficient (Wildman–Crippen LogP) is 0.714. The smallest absolute Gasteiger partial charge is 0.329 e. The molecule has 0 spiro atoms. The zero-order chi connectivity index (χ0) is 15.2. The maximum atomic E-state index is 11.7. The third-order valence-electron chi connectivity index (χ3n) is 4.09. The summed E-state index contributed by atoms with van der Waals surface area (Å²) in [6, 6.07) is 0. The van der Waals surface area contributed by atoms with Crippen molar-refractivity contribution >= 4 is 11.9 Å². The number of carbonyl (C=O) groups is 2. The van der Waals surface area contributed by atoms with Gasteiger partial charge < -0.3 is 20.1 Å². The Bertz CT molecular complexity index is 346. The van der Waals surface area contributed by atoms with Crippen molar-refractivity contribution in [3.05, 3.63) is 0 Å². The Kier molecular flexibility index (Phi) is 6.42. The number of amides is 1. The fourth-order valence-corrected chi connectivity index (χ4v) is 2.90. The van der Waals surface area contributed by atoms with E-state index in [4.69, 9.17) is 9.84 Å². The number of nitrogens with one attached hydrogen (secondary N) is 1. The summed E-state index contributed by atoms with van der Waals surface area (Å²) in [7, 11) is 4.09. The lowest BCUT2D eigenvalue weighted by Gasteiger charge is -2.45. The molecule has 0 aromatic carbocycles. The Morgan fingerprint density at radius 3 is 2.65 bits per heavy atom. The molecule has 1 rings (SSSR count). The van der Waals surface area contributed by atoms with E-state index in [1.807, 2.05) is 14.1 Å². The highest BCUT2D eigenvalue weighted by Gasteiger charge is 2.37. The van der Waals surface area contributed by atoms with Gasteiger partial charge in [0, 0.05) is 12.1 Å². The van der Waals surface area contributed by atoms with Crippen LogP contribution in [0.5, 0.6) is 0 Å². The van der Waals surface area contributed by atoms with Gasteiger partial charge in [0.05, 0.1) is 0 Å². The van der Waals surface area contributed by atoms with Crippen LogP contribution < -0.4 is 5.32 Å². The molecule has 6 nitrogen and oxygen atoms in total. The van der Waals surface area contributed by atoms with Crippen LogP contribution in [0.25, 0.3) is 0 Å². The van der Waals surface area contributed by atoms with E-state index in [1.54, 1.807) is 0 Å². The minimum Gasteiger partial charge on any atom is -0.480 e. The van der Waals surface area contributed by atoms with Gasteiger partial charge in [-0.1, -0.05) is 19.8 Å². The average Bonchev–Trinajstić information content (AvgIpc) is 2.36. The molecule has 0 radical (unpaired) electrons. The number of aliphatic carboxylic acids is 1. The standard InChI is InChI=1S/C14H26N2O4/c1-11-5-4-6-14(7-11,16(2)3)10-15-12(17)8-20-9-13(18)19/h11H,4-10H2,1-3H3,(H,15,17)(H,18,19). The molecule has 0 aliphatic heterocycles. The summed E-state index contributed by atoms with van der Waals surface area (Å²) < 4.78 is 4.79. The first-order chi connectivity index (χ1) is 9.35. The maximum absolute atomic E-state index is 11.7. The molecular formula is C14H26N2O4. The lowest BCUT2D eigenvalue weighted by Crippen LogP contribution is -2.55. The van der Waals surface area contributed by atoms with Crippen LogP contribution in [0, 0.1) is 5.92 Å². The van der Waals surface area contributed by atoms with Crippen molar-refractivity contribution in [2.24, 2.45) is 5.92 Å². The molecule has 1 fully saturated rings. The van der Waals surface area contributed by atoms with Crippen molar-refractivity contribution in [1.82, 2.24) is 10.2 Å². The predicted molar refractivity (Wildman–Crippen MR) is 75.5 cm³/mol. The van der Waals surface area contributed by atoms with E-state index < -0.39 is 12.6 Å². The van der Waals surface area contributed by atoms with Crippen molar-refractivity contribution in [1.29, 1.82) is 0 Å². The van der Waals surface area contributed by atoms with Gasteiger partial charge in [-0.3, -0.25) is 4.79 Å². The molecular weight excluding hydrogens is 260 g/mol. The summed E-state index contributed by atoms with van der Waals surface area (Å²) in [4.78, 5) is 24.2. The molecule has 2 unspecified atom stereocenters. The van der Waals surface area contributed by atoms with Gasteiger partial charge in [0.25, 0.3) is 0 Å². The number of rotatable bonds is 7. The van der Waals surface area contributed by atoms with Crippen LogP contribution in [-0.4, -0.2) is 61.3 Å². The largest absolute Gasteiger partial charge is 0.480 e. The number of likely N-dealkylation sites (N-methyl/N-ethyl adjacent to an activating group) is 1. The lowest BCUT2D eigenvalue weighted by atomic mass is 9.75. The van der Waals surface area contributed by atoms with E-state index >= 15 is 0 Å².